The Hall–Kier alpha value is -0.910. The van der Waals surface area contributed by atoms with Crippen molar-refractivity contribution in [3.63, 3.8) is 0 Å². The summed E-state index contributed by atoms with van der Waals surface area (Å²) < 4.78 is 11.5. The van der Waals surface area contributed by atoms with Crippen molar-refractivity contribution in [3.8, 4) is 0 Å². The predicted octanol–water partition coefficient (Wildman–Crippen LogP) is -0.266. The lowest BCUT2D eigenvalue weighted by Gasteiger charge is -2.12. The number of amides is 1. The SMILES string of the molecule is CC(=O)NC(CS(=O)CC1CC1)C(=O)O. The Bertz CT molecular complexity index is 288. The largest absolute Gasteiger partial charge is 0.480 e. The third kappa shape index (κ3) is 4.92. The average Bonchev–Trinajstić information content (AvgIpc) is 2.85. The Kier molecular flexibility index (Phi) is 4.26. The van der Waals surface area contributed by atoms with Gasteiger partial charge in [0.05, 0.1) is 5.75 Å². The van der Waals surface area contributed by atoms with Crippen LogP contribution in [0.1, 0.15) is 19.8 Å². The number of carbonyl (C=O) groups excluding carboxylic acids is 1. The summed E-state index contributed by atoms with van der Waals surface area (Å²) in [6, 6.07) is -1.03. The van der Waals surface area contributed by atoms with Gasteiger partial charge in [0.15, 0.2) is 0 Å². The first-order valence-electron chi connectivity index (χ1n) is 4.84. The van der Waals surface area contributed by atoms with Gasteiger partial charge in [0.1, 0.15) is 6.04 Å². The fourth-order valence-corrected chi connectivity index (χ4v) is 2.81. The maximum atomic E-state index is 11.5. The highest BCUT2D eigenvalue weighted by molar-refractivity contribution is 7.85. The molecule has 0 bridgehead atoms. The summed E-state index contributed by atoms with van der Waals surface area (Å²) in [5.74, 6) is -0.479. The number of carboxylic acid groups (broad SMARTS) is 1. The molecule has 0 radical (unpaired) electrons. The zero-order valence-corrected chi connectivity index (χ0v) is 9.38. The maximum absolute atomic E-state index is 11.5. The van der Waals surface area contributed by atoms with Gasteiger partial charge in [-0.05, 0) is 18.8 Å². The van der Waals surface area contributed by atoms with Gasteiger partial charge in [-0.25, -0.2) is 4.79 Å². The van der Waals surface area contributed by atoms with E-state index in [0.29, 0.717) is 11.7 Å². The van der Waals surface area contributed by atoms with Gasteiger partial charge in [-0.3, -0.25) is 9.00 Å². The molecule has 6 heteroatoms. The van der Waals surface area contributed by atoms with Crippen molar-refractivity contribution in [1.82, 2.24) is 5.32 Å². The molecule has 1 aliphatic rings. The maximum Gasteiger partial charge on any atom is 0.327 e. The summed E-state index contributed by atoms with van der Waals surface area (Å²) in [5.41, 5.74) is 0. The van der Waals surface area contributed by atoms with Gasteiger partial charge in [-0.2, -0.15) is 0 Å². The highest BCUT2D eigenvalue weighted by atomic mass is 32.2. The molecule has 1 rings (SSSR count). The van der Waals surface area contributed by atoms with Crippen LogP contribution in [0.3, 0.4) is 0 Å². The van der Waals surface area contributed by atoms with Gasteiger partial charge in [0.2, 0.25) is 5.91 Å². The number of nitrogens with one attached hydrogen (secondary N) is 1. The van der Waals surface area contributed by atoms with E-state index >= 15 is 0 Å². The molecule has 0 aliphatic heterocycles. The first-order chi connectivity index (χ1) is 6.99. The summed E-state index contributed by atoms with van der Waals surface area (Å²) in [6.07, 6.45) is 2.17. The molecule has 0 spiro atoms. The summed E-state index contributed by atoms with van der Waals surface area (Å²) in [5, 5.41) is 11.0. The third-order valence-electron chi connectivity index (χ3n) is 2.15. The fraction of sp³-hybridized carbons (Fsp3) is 0.778. The molecule has 0 aromatic heterocycles. The molecule has 0 heterocycles. The molecule has 86 valence electrons. The molecule has 5 nitrogen and oxygen atoms in total. The van der Waals surface area contributed by atoms with Crippen LogP contribution < -0.4 is 5.32 Å². The standard InChI is InChI=1S/C9H15NO4S/c1-6(11)10-8(9(12)13)5-15(14)4-7-2-3-7/h7-8H,2-5H2,1H3,(H,10,11)(H,12,13). The second kappa shape index (κ2) is 5.25. The summed E-state index contributed by atoms with van der Waals surface area (Å²) >= 11 is 0. The van der Waals surface area contributed by atoms with Crippen molar-refractivity contribution in [2.24, 2.45) is 5.92 Å². The molecule has 2 unspecified atom stereocenters. The zero-order valence-electron chi connectivity index (χ0n) is 8.56. The van der Waals surface area contributed by atoms with Crippen LogP contribution in [0.5, 0.6) is 0 Å². The third-order valence-corrected chi connectivity index (χ3v) is 3.69. The van der Waals surface area contributed by atoms with E-state index in [0.717, 1.165) is 12.8 Å². The van der Waals surface area contributed by atoms with Crippen molar-refractivity contribution in [2.45, 2.75) is 25.8 Å². The molecule has 1 aliphatic carbocycles. The van der Waals surface area contributed by atoms with E-state index in [2.05, 4.69) is 5.32 Å². The first kappa shape index (κ1) is 12.2. The smallest absolute Gasteiger partial charge is 0.327 e. The quantitative estimate of drug-likeness (QED) is 0.661. The highest BCUT2D eigenvalue weighted by Crippen LogP contribution is 2.29. The van der Waals surface area contributed by atoms with Gasteiger partial charge in [0.25, 0.3) is 0 Å². The predicted molar refractivity (Wildman–Crippen MR) is 55.8 cm³/mol. The lowest BCUT2D eigenvalue weighted by atomic mass is 10.3. The fourth-order valence-electron chi connectivity index (χ4n) is 1.22. The highest BCUT2D eigenvalue weighted by Gasteiger charge is 2.27. The molecule has 2 N–H and O–H groups in total. The van der Waals surface area contributed by atoms with Crippen LogP contribution in [0.15, 0.2) is 0 Å². The average molecular weight is 233 g/mol. The number of rotatable bonds is 6. The Morgan fingerprint density at radius 1 is 1.53 bits per heavy atom. The van der Waals surface area contributed by atoms with Crippen molar-refractivity contribution in [2.75, 3.05) is 11.5 Å². The topological polar surface area (TPSA) is 83.5 Å². The van der Waals surface area contributed by atoms with Gasteiger partial charge >= 0.3 is 5.97 Å². The Morgan fingerprint density at radius 2 is 2.13 bits per heavy atom. The van der Waals surface area contributed by atoms with Crippen LogP contribution in [-0.4, -0.2) is 38.7 Å². The number of hydrogen-bond acceptors (Lipinski definition) is 3. The van der Waals surface area contributed by atoms with E-state index < -0.39 is 28.7 Å². The van der Waals surface area contributed by atoms with Gasteiger partial charge in [-0.1, -0.05) is 0 Å². The van der Waals surface area contributed by atoms with Gasteiger partial charge in [0, 0.05) is 23.5 Å². The number of aliphatic carboxylic acids is 1. The second-order valence-corrected chi connectivity index (χ2v) is 5.35. The molecular formula is C9H15NO4S. The van der Waals surface area contributed by atoms with Crippen molar-refractivity contribution < 1.29 is 18.9 Å². The lowest BCUT2D eigenvalue weighted by molar-refractivity contribution is -0.140. The van der Waals surface area contributed by atoms with Crippen LogP contribution >= 0.6 is 0 Å². The van der Waals surface area contributed by atoms with E-state index in [1.807, 2.05) is 0 Å². The summed E-state index contributed by atoms with van der Waals surface area (Å²) in [6.45, 7) is 1.25. The molecule has 0 aromatic carbocycles. The van der Waals surface area contributed by atoms with Gasteiger partial charge < -0.3 is 10.4 Å². The van der Waals surface area contributed by atoms with Crippen molar-refractivity contribution in [1.29, 1.82) is 0 Å². The molecule has 1 amide bonds. The van der Waals surface area contributed by atoms with Crippen LogP contribution in [0.25, 0.3) is 0 Å². The number of hydrogen-bond donors (Lipinski definition) is 2. The van der Waals surface area contributed by atoms with E-state index in [1.54, 1.807) is 0 Å². The molecule has 15 heavy (non-hydrogen) atoms. The molecular weight excluding hydrogens is 218 g/mol. The summed E-state index contributed by atoms with van der Waals surface area (Å²) in [4.78, 5) is 21.4. The van der Waals surface area contributed by atoms with Crippen LogP contribution in [0.2, 0.25) is 0 Å². The van der Waals surface area contributed by atoms with Crippen LogP contribution in [0.4, 0.5) is 0 Å². The lowest BCUT2D eigenvalue weighted by Crippen LogP contribution is -2.43. The van der Waals surface area contributed by atoms with Gasteiger partial charge in [-0.15, -0.1) is 0 Å². The Labute approximate surface area is 90.7 Å². The van der Waals surface area contributed by atoms with E-state index in [-0.39, 0.29) is 5.75 Å². The normalized spacial score (nSPS) is 19.3. The van der Waals surface area contributed by atoms with Crippen LogP contribution in [-0.2, 0) is 20.4 Å². The second-order valence-electron chi connectivity index (χ2n) is 3.81. The minimum Gasteiger partial charge on any atom is -0.480 e. The van der Waals surface area contributed by atoms with Crippen molar-refractivity contribution in [3.05, 3.63) is 0 Å². The Balaban J connectivity index is 2.38. The van der Waals surface area contributed by atoms with E-state index in [1.165, 1.54) is 6.92 Å². The first-order valence-corrected chi connectivity index (χ1v) is 6.32. The monoisotopic (exact) mass is 233 g/mol. The summed E-state index contributed by atoms with van der Waals surface area (Å²) in [7, 11) is -1.15. The molecule has 1 saturated carbocycles. The number of carbonyl (C=O) groups is 2. The number of carboxylic acids is 1. The van der Waals surface area contributed by atoms with Crippen molar-refractivity contribution >= 4 is 22.7 Å². The van der Waals surface area contributed by atoms with E-state index in [9.17, 15) is 13.8 Å². The van der Waals surface area contributed by atoms with Crippen LogP contribution in [0, 0.1) is 5.92 Å². The molecule has 1 fully saturated rings. The molecule has 2 atom stereocenters. The molecule has 0 saturated heterocycles. The Morgan fingerprint density at radius 3 is 2.53 bits per heavy atom. The molecule has 0 aromatic rings. The minimum absolute atomic E-state index is 0.00537. The minimum atomic E-state index is -1.15. The zero-order chi connectivity index (χ0) is 11.4. The van der Waals surface area contributed by atoms with E-state index in [4.69, 9.17) is 5.11 Å².